The molecule has 2 nitrogen and oxygen atoms in total. The van der Waals surface area contributed by atoms with Gasteiger partial charge in [-0.05, 0) is 63.4 Å². The zero-order valence-electron chi connectivity index (χ0n) is 20.6. The van der Waals surface area contributed by atoms with Gasteiger partial charge in [-0.1, -0.05) is 61.7 Å². The lowest BCUT2D eigenvalue weighted by molar-refractivity contribution is -0.00471. The maximum Gasteiger partial charge on any atom is 0.165 e. The van der Waals surface area contributed by atoms with E-state index < -0.39 is 7.38 Å². The molecule has 3 aromatic rings. The fourth-order valence-corrected chi connectivity index (χ4v) is 9.50. The van der Waals surface area contributed by atoms with Gasteiger partial charge in [0, 0.05) is 35.7 Å². The lowest BCUT2D eigenvalue weighted by atomic mass is 10.1. The molecule has 1 aromatic heterocycles. The van der Waals surface area contributed by atoms with Crippen LogP contribution in [0.3, 0.4) is 0 Å². The molecule has 0 N–H and O–H groups in total. The van der Waals surface area contributed by atoms with Crippen LogP contribution in [0.25, 0.3) is 22.2 Å². The number of fused-ring (bicyclic) bond motifs is 5. The summed E-state index contributed by atoms with van der Waals surface area (Å²) in [7, 11) is 0.146. The topological polar surface area (TPSA) is 14.2 Å². The fourth-order valence-electron chi connectivity index (χ4n) is 5.40. The molecular formula is C28H38ClNOSi. The van der Waals surface area contributed by atoms with Crippen molar-refractivity contribution in [1.29, 1.82) is 0 Å². The van der Waals surface area contributed by atoms with Crippen molar-refractivity contribution in [2.24, 2.45) is 7.05 Å². The number of aryl methyl sites for hydroxylation is 2. The van der Waals surface area contributed by atoms with Crippen molar-refractivity contribution < 1.29 is 4.74 Å². The van der Waals surface area contributed by atoms with Gasteiger partial charge in [-0.25, -0.2) is 0 Å². The van der Waals surface area contributed by atoms with Crippen molar-refractivity contribution in [1.82, 2.24) is 4.57 Å². The molecule has 0 spiro atoms. The Hall–Kier alpha value is -1.55. The van der Waals surface area contributed by atoms with E-state index in [1.807, 2.05) is 0 Å². The highest BCUT2D eigenvalue weighted by Gasteiger charge is 2.45. The molecule has 0 amide bonds. The molecule has 2 unspecified atom stereocenters. The van der Waals surface area contributed by atoms with E-state index in [1.54, 1.807) is 0 Å². The molecular weight excluding hydrogens is 430 g/mol. The summed E-state index contributed by atoms with van der Waals surface area (Å²) in [4.78, 5) is 0. The molecule has 0 saturated heterocycles. The highest BCUT2D eigenvalue weighted by molar-refractivity contribution is 7.20. The minimum absolute atomic E-state index is 0.0357. The molecule has 32 heavy (non-hydrogen) atoms. The average molecular weight is 468 g/mol. The maximum atomic E-state index is 7.55. The number of hydrogen-bond acceptors (Lipinski definition) is 1. The first kappa shape index (κ1) is 23.6. The van der Waals surface area contributed by atoms with E-state index in [4.69, 9.17) is 15.8 Å². The third-order valence-electron chi connectivity index (χ3n) is 6.91. The van der Waals surface area contributed by atoms with Crippen LogP contribution in [0.15, 0.2) is 42.5 Å². The first-order valence-corrected chi connectivity index (χ1v) is 15.9. The van der Waals surface area contributed by atoms with Gasteiger partial charge < -0.3 is 9.30 Å². The maximum absolute atomic E-state index is 7.55. The number of ether oxygens (including phenoxy) is 1. The third-order valence-corrected chi connectivity index (χ3v) is 11.3. The predicted molar refractivity (Wildman–Crippen MR) is 141 cm³/mol. The van der Waals surface area contributed by atoms with Gasteiger partial charge in [0.2, 0.25) is 0 Å². The predicted octanol–water partition coefficient (Wildman–Crippen LogP) is 8.33. The summed E-state index contributed by atoms with van der Waals surface area (Å²) >= 11 is 7.55. The Morgan fingerprint density at radius 1 is 1.03 bits per heavy atom. The fraction of sp³-hybridized carbons (Fsp3) is 0.500. The highest BCUT2D eigenvalue weighted by Crippen LogP contribution is 2.54. The van der Waals surface area contributed by atoms with E-state index in [9.17, 15) is 0 Å². The Morgan fingerprint density at radius 2 is 1.75 bits per heavy atom. The van der Waals surface area contributed by atoms with Gasteiger partial charge in [0.05, 0.1) is 11.3 Å². The largest absolute Gasteiger partial charge is 0.376 e. The number of nitrogens with zero attached hydrogens (tertiary/aromatic N) is 1. The SMILES string of the molecule is Cc1ccc2c(c1)c1c(n2C)-c2ccccc2C1[Si](C)(Cl)CCCCCCOC(C)(C)C. The van der Waals surface area contributed by atoms with Crippen molar-refractivity contribution in [3.05, 3.63) is 59.2 Å². The summed E-state index contributed by atoms with van der Waals surface area (Å²) in [6.07, 6.45) is 4.80. The molecule has 1 heterocycles. The first-order chi connectivity index (χ1) is 15.1. The Morgan fingerprint density at radius 3 is 2.50 bits per heavy atom. The Kier molecular flexibility index (Phi) is 6.64. The van der Waals surface area contributed by atoms with Crippen molar-refractivity contribution >= 4 is 29.4 Å². The summed E-state index contributed by atoms with van der Waals surface area (Å²) in [6, 6.07) is 17.0. The molecule has 0 radical (unpaired) electrons. The normalized spacial score (nSPS) is 17.4. The van der Waals surface area contributed by atoms with Crippen LogP contribution in [0.2, 0.25) is 12.6 Å². The van der Waals surface area contributed by atoms with Crippen molar-refractivity contribution in [3.63, 3.8) is 0 Å². The number of rotatable bonds is 8. The Labute approximate surface area is 199 Å². The van der Waals surface area contributed by atoms with Gasteiger partial charge >= 0.3 is 0 Å². The molecule has 2 aromatic carbocycles. The second-order valence-corrected chi connectivity index (χ2v) is 17.0. The second-order valence-electron chi connectivity index (χ2n) is 10.8. The van der Waals surface area contributed by atoms with Crippen LogP contribution in [0.4, 0.5) is 0 Å². The second kappa shape index (κ2) is 9.00. The molecule has 0 fully saturated rings. The van der Waals surface area contributed by atoms with E-state index >= 15 is 0 Å². The van der Waals surface area contributed by atoms with Crippen molar-refractivity contribution in [2.45, 2.75) is 77.1 Å². The number of benzene rings is 2. The minimum atomic E-state index is -2.06. The quantitative estimate of drug-likeness (QED) is 0.184. The van der Waals surface area contributed by atoms with Crippen molar-refractivity contribution in [3.8, 4) is 11.3 Å². The molecule has 4 rings (SSSR count). The van der Waals surface area contributed by atoms with E-state index in [0.717, 1.165) is 19.1 Å². The minimum Gasteiger partial charge on any atom is -0.376 e. The zero-order chi connectivity index (χ0) is 23.1. The number of unbranched alkanes of at least 4 members (excludes halogenated alkanes) is 3. The molecule has 0 bridgehead atoms. The smallest absolute Gasteiger partial charge is 0.165 e. The van der Waals surface area contributed by atoms with Gasteiger partial charge in [-0.15, -0.1) is 0 Å². The number of halogens is 1. The molecule has 172 valence electrons. The highest BCUT2D eigenvalue weighted by atomic mass is 35.6. The average Bonchev–Trinajstić information content (AvgIpc) is 3.20. The lowest BCUT2D eigenvalue weighted by Crippen LogP contribution is -2.32. The van der Waals surface area contributed by atoms with Crippen LogP contribution in [0.1, 0.15) is 68.7 Å². The van der Waals surface area contributed by atoms with E-state index in [0.29, 0.717) is 5.54 Å². The van der Waals surface area contributed by atoms with E-state index in [2.05, 4.69) is 88.3 Å². The summed E-state index contributed by atoms with van der Waals surface area (Å²) in [6.45, 7) is 11.8. The summed E-state index contributed by atoms with van der Waals surface area (Å²) in [5.41, 5.74) is 8.63. The van der Waals surface area contributed by atoms with Crippen LogP contribution in [0, 0.1) is 6.92 Å². The molecule has 0 saturated carbocycles. The third kappa shape index (κ3) is 4.57. The van der Waals surface area contributed by atoms with Crippen LogP contribution in [-0.4, -0.2) is 24.2 Å². The van der Waals surface area contributed by atoms with Crippen LogP contribution < -0.4 is 0 Å². The standard InChI is InChI=1S/C28H38ClNOSi/c1-20-15-16-24-23(19-20)25-26(30(24)5)21-13-9-10-14-22(21)27(25)32(6,29)18-12-8-7-11-17-31-28(2,3)4/h9-10,13-16,19,27H,7-8,11-12,17-18H2,1-6H3. The van der Waals surface area contributed by atoms with Crippen LogP contribution >= 0.6 is 11.1 Å². The van der Waals surface area contributed by atoms with Gasteiger partial charge in [0.15, 0.2) is 7.38 Å². The number of hydrogen-bond donors (Lipinski definition) is 0. The van der Waals surface area contributed by atoms with Crippen LogP contribution in [-0.2, 0) is 11.8 Å². The van der Waals surface area contributed by atoms with Gasteiger partial charge in [0.25, 0.3) is 0 Å². The molecule has 1 aliphatic carbocycles. The zero-order valence-corrected chi connectivity index (χ0v) is 22.4. The Balaban J connectivity index is 1.55. The summed E-state index contributed by atoms with van der Waals surface area (Å²) in [5.74, 6) is 0. The Bertz CT molecular complexity index is 1110. The molecule has 4 heteroatoms. The van der Waals surface area contributed by atoms with Gasteiger partial charge in [-0.3, -0.25) is 0 Å². The molecule has 1 aliphatic rings. The summed E-state index contributed by atoms with van der Waals surface area (Å²) in [5, 5.41) is 1.39. The van der Waals surface area contributed by atoms with Crippen molar-refractivity contribution in [2.75, 3.05) is 6.61 Å². The first-order valence-electron chi connectivity index (χ1n) is 12.1. The lowest BCUT2D eigenvalue weighted by Gasteiger charge is -2.28. The van der Waals surface area contributed by atoms with E-state index in [1.165, 1.54) is 58.1 Å². The molecule has 0 aliphatic heterocycles. The number of aromatic nitrogens is 1. The monoisotopic (exact) mass is 467 g/mol. The van der Waals surface area contributed by atoms with Gasteiger partial charge in [0.1, 0.15) is 0 Å². The summed E-state index contributed by atoms with van der Waals surface area (Å²) < 4.78 is 8.26. The van der Waals surface area contributed by atoms with E-state index in [-0.39, 0.29) is 5.60 Å². The van der Waals surface area contributed by atoms with Gasteiger partial charge in [-0.2, -0.15) is 11.1 Å². The van der Waals surface area contributed by atoms with Crippen LogP contribution in [0.5, 0.6) is 0 Å². The molecule has 2 atom stereocenters.